The molecule has 0 heterocycles. The molecule has 20 heavy (non-hydrogen) atoms. The van der Waals surface area contributed by atoms with Crippen molar-refractivity contribution in [1.82, 2.24) is 0 Å². The highest BCUT2D eigenvalue weighted by molar-refractivity contribution is 6.34. The molecule has 0 atom stereocenters. The summed E-state index contributed by atoms with van der Waals surface area (Å²) in [6.07, 6.45) is 0.337. The first-order valence-corrected chi connectivity index (χ1v) is 6.38. The van der Waals surface area contributed by atoms with Gasteiger partial charge in [-0.15, -0.1) is 0 Å². The number of hydrogen-bond acceptors (Lipinski definition) is 4. The summed E-state index contributed by atoms with van der Waals surface area (Å²) >= 11 is 5.76. The Labute approximate surface area is 119 Å². The maximum absolute atomic E-state index is 12.5. The number of benzene rings is 2. The van der Waals surface area contributed by atoms with Crippen LogP contribution in [-0.4, -0.2) is 21.1 Å². The van der Waals surface area contributed by atoms with E-state index in [2.05, 4.69) is 0 Å². The smallest absolute Gasteiger partial charge is 0.201 e. The summed E-state index contributed by atoms with van der Waals surface area (Å²) in [7, 11) is 0. The van der Waals surface area contributed by atoms with Crippen molar-refractivity contribution in [3.63, 3.8) is 0 Å². The van der Waals surface area contributed by atoms with Gasteiger partial charge >= 0.3 is 0 Å². The molecule has 0 saturated carbocycles. The van der Waals surface area contributed by atoms with Crippen molar-refractivity contribution < 1.29 is 20.1 Å². The van der Waals surface area contributed by atoms with Crippen LogP contribution in [0.15, 0.2) is 18.2 Å². The van der Waals surface area contributed by atoms with Crippen molar-refractivity contribution in [1.29, 1.82) is 0 Å². The molecule has 3 rings (SSSR count). The van der Waals surface area contributed by atoms with Crippen LogP contribution >= 0.6 is 11.6 Å². The molecule has 5 heteroatoms. The number of carbonyl (C=O) groups is 1. The van der Waals surface area contributed by atoms with E-state index in [0.29, 0.717) is 17.5 Å². The van der Waals surface area contributed by atoms with Crippen molar-refractivity contribution in [2.24, 2.45) is 0 Å². The zero-order chi connectivity index (χ0) is 14.6. The molecule has 3 N–H and O–H groups in total. The predicted octanol–water partition coefficient (Wildman–Crippen LogP) is 2.90. The molecule has 1 aliphatic rings. The van der Waals surface area contributed by atoms with Crippen LogP contribution in [0.25, 0.3) is 0 Å². The largest absolute Gasteiger partial charge is 0.507 e. The van der Waals surface area contributed by atoms with E-state index in [1.807, 2.05) is 6.92 Å². The highest BCUT2D eigenvalue weighted by Gasteiger charge is 2.31. The summed E-state index contributed by atoms with van der Waals surface area (Å²) in [4.78, 5) is 12.5. The molecule has 2 aromatic rings. The molecule has 1 aliphatic carbocycles. The fourth-order valence-corrected chi connectivity index (χ4v) is 2.80. The standard InChI is InChI=1S/C15H11ClO4/c1-6-2-7-4-8-5-10(18)13(16)15(20)12(8)14(19)11(7)9(17)3-6/h2-3,5,17-18,20H,4H2,1H3. The Hall–Kier alpha value is -2.20. The quantitative estimate of drug-likeness (QED) is 0.595. The number of aryl methyl sites for hydroxylation is 1. The van der Waals surface area contributed by atoms with E-state index in [4.69, 9.17) is 11.6 Å². The van der Waals surface area contributed by atoms with Crippen molar-refractivity contribution in [3.8, 4) is 17.2 Å². The van der Waals surface area contributed by atoms with E-state index in [1.54, 1.807) is 6.07 Å². The summed E-state index contributed by atoms with van der Waals surface area (Å²) in [6.45, 7) is 1.82. The maximum atomic E-state index is 12.5. The summed E-state index contributed by atoms with van der Waals surface area (Å²) in [5.74, 6) is -1.31. The van der Waals surface area contributed by atoms with Crippen LogP contribution < -0.4 is 0 Å². The van der Waals surface area contributed by atoms with Gasteiger partial charge in [0.1, 0.15) is 22.3 Å². The first-order valence-electron chi connectivity index (χ1n) is 6.00. The van der Waals surface area contributed by atoms with Gasteiger partial charge in [-0.05, 0) is 42.2 Å². The molecular weight excluding hydrogens is 280 g/mol. The summed E-state index contributed by atoms with van der Waals surface area (Å²) in [5.41, 5.74) is 2.22. The Kier molecular flexibility index (Phi) is 2.66. The van der Waals surface area contributed by atoms with E-state index in [-0.39, 0.29) is 27.6 Å². The number of halogens is 1. The SMILES string of the molecule is Cc1cc(O)c2c(c1)Cc1cc(O)c(Cl)c(O)c1C2=O. The molecule has 0 spiro atoms. The van der Waals surface area contributed by atoms with Crippen molar-refractivity contribution >= 4 is 17.4 Å². The van der Waals surface area contributed by atoms with Gasteiger partial charge in [0.25, 0.3) is 0 Å². The normalized spacial score (nSPS) is 13.0. The van der Waals surface area contributed by atoms with E-state index in [1.165, 1.54) is 12.1 Å². The first-order chi connectivity index (χ1) is 9.40. The lowest BCUT2D eigenvalue weighted by Gasteiger charge is -2.21. The molecule has 102 valence electrons. The van der Waals surface area contributed by atoms with E-state index < -0.39 is 11.5 Å². The van der Waals surface area contributed by atoms with Crippen molar-refractivity contribution in [2.45, 2.75) is 13.3 Å². The lowest BCUT2D eigenvalue weighted by atomic mass is 9.83. The molecule has 0 aliphatic heterocycles. The minimum absolute atomic E-state index is 0.0412. The third kappa shape index (κ3) is 1.65. The van der Waals surface area contributed by atoms with Crippen molar-refractivity contribution in [2.75, 3.05) is 0 Å². The van der Waals surface area contributed by atoms with Crippen LogP contribution in [0.2, 0.25) is 5.02 Å². The van der Waals surface area contributed by atoms with Gasteiger partial charge < -0.3 is 15.3 Å². The van der Waals surface area contributed by atoms with Crippen LogP contribution in [0.3, 0.4) is 0 Å². The lowest BCUT2D eigenvalue weighted by molar-refractivity contribution is 0.103. The predicted molar refractivity (Wildman–Crippen MR) is 73.9 cm³/mol. The average Bonchev–Trinajstić information content (AvgIpc) is 2.34. The van der Waals surface area contributed by atoms with Gasteiger partial charge in [-0.2, -0.15) is 0 Å². The van der Waals surface area contributed by atoms with Gasteiger partial charge in [0.15, 0.2) is 0 Å². The van der Waals surface area contributed by atoms with Gasteiger partial charge in [-0.25, -0.2) is 0 Å². The number of aromatic hydroxyl groups is 3. The molecule has 0 unspecified atom stereocenters. The minimum Gasteiger partial charge on any atom is -0.507 e. The van der Waals surface area contributed by atoms with Crippen LogP contribution in [-0.2, 0) is 6.42 Å². The van der Waals surface area contributed by atoms with E-state index in [0.717, 1.165) is 5.56 Å². The molecule has 0 bridgehead atoms. The Bertz CT molecular complexity index is 765. The number of phenolic OH excluding ortho intramolecular Hbond substituents is 3. The first kappa shape index (κ1) is 12.8. The van der Waals surface area contributed by atoms with Crippen LogP contribution in [0, 0.1) is 6.92 Å². The Morgan fingerprint density at radius 2 is 1.65 bits per heavy atom. The molecule has 4 nitrogen and oxygen atoms in total. The molecule has 0 amide bonds. The summed E-state index contributed by atoms with van der Waals surface area (Å²) in [6, 6.07) is 4.68. The fourth-order valence-electron chi connectivity index (χ4n) is 2.65. The lowest BCUT2D eigenvalue weighted by Crippen LogP contribution is -2.16. The third-order valence-corrected chi connectivity index (χ3v) is 3.85. The minimum atomic E-state index is -0.488. The highest BCUT2D eigenvalue weighted by Crippen LogP contribution is 2.43. The molecular formula is C15H11ClO4. The van der Waals surface area contributed by atoms with E-state index >= 15 is 0 Å². The number of fused-ring (bicyclic) bond motifs is 2. The molecule has 0 aromatic heterocycles. The second-order valence-electron chi connectivity index (χ2n) is 4.92. The second-order valence-corrected chi connectivity index (χ2v) is 5.29. The topological polar surface area (TPSA) is 77.8 Å². The van der Waals surface area contributed by atoms with Gasteiger partial charge in [-0.3, -0.25) is 4.79 Å². The van der Waals surface area contributed by atoms with Gasteiger partial charge in [-0.1, -0.05) is 17.7 Å². The Morgan fingerprint density at radius 3 is 2.35 bits per heavy atom. The zero-order valence-electron chi connectivity index (χ0n) is 10.6. The Morgan fingerprint density at radius 1 is 1.00 bits per heavy atom. The van der Waals surface area contributed by atoms with E-state index in [9.17, 15) is 20.1 Å². The summed E-state index contributed by atoms with van der Waals surface area (Å²) < 4.78 is 0. The molecule has 0 saturated heterocycles. The monoisotopic (exact) mass is 290 g/mol. The fraction of sp³-hybridized carbons (Fsp3) is 0.133. The third-order valence-electron chi connectivity index (χ3n) is 3.48. The van der Waals surface area contributed by atoms with Crippen LogP contribution in [0.1, 0.15) is 32.6 Å². The number of ketones is 1. The molecule has 2 aromatic carbocycles. The number of carbonyl (C=O) groups excluding carboxylic acids is 1. The summed E-state index contributed by atoms with van der Waals surface area (Å²) in [5, 5.41) is 29.3. The van der Waals surface area contributed by atoms with Gasteiger partial charge in [0.2, 0.25) is 5.78 Å². The average molecular weight is 291 g/mol. The molecule has 0 fully saturated rings. The number of hydrogen-bond donors (Lipinski definition) is 3. The highest BCUT2D eigenvalue weighted by atomic mass is 35.5. The molecule has 0 radical (unpaired) electrons. The van der Waals surface area contributed by atoms with Crippen LogP contribution in [0.4, 0.5) is 0 Å². The Balaban J connectivity index is 2.31. The maximum Gasteiger partial charge on any atom is 0.201 e. The number of phenols is 3. The zero-order valence-corrected chi connectivity index (χ0v) is 11.3. The van der Waals surface area contributed by atoms with Crippen LogP contribution in [0.5, 0.6) is 17.2 Å². The van der Waals surface area contributed by atoms with Gasteiger partial charge in [0, 0.05) is 0 Å². The van der Waals surface area contributed by atoms with Gasteiger partial charge in [0.05, 0.1) is 11.1 Å². The number of rotatable bonds is 0. The van der Waals surface area contributed by atoms with Crippen molar-refractivity contribution in [3.05, 3.63) is 51.0 Å². The second kappa shape index (κ2) is 4.15.